The van der Waals surface area contributed by atoms with Gasteiger partial charge in [-0.05, 0) is 12.5 Å². The van der Waals surface area contributed by atoms with Crippen LogP contribution in [0.15, 0.2) is 12.1 Å². The highest BCUT2D eigenvalue weighted by Crippen LogP contribution is 2.12. The van der Waals surface area contributed by atoms with Crippen LogP contribution in [0.1, 0.15) is 18.7 Å². The predicted molar refractivity (Wildman–Crippen MR) is 80.9 cm³/mol. The molecule has 0 aromatic carbocycles. The fourth-order valence-electron chi connectivity index (χ4n) is 2.52. The van der Waals surface area contributed by atoms with Gasteiger partial charge in [-0.3, -0.25) is 4.79 Å². The first-order valence-electron chi connectivity index (χ1n) is 7.22. The Balaban J connectivity index is 1.61. The standard InChI is InChI=1S/C13H17N5O4S/c1-22-13-5-3-11-16-15-10(18(11)17-13)2-4-12(19)14-9-6-7-23(20,21)8-9/h3,5,9H,2,4,6-8H2,1H3,(H,14,19)/t9-/m1/s1. The van der Waals surface area contributed by atoms with Gasteiger partial charge >= 0.3 is 0 Å². The van der Waals surface area contributed by atoms with Gasteiger partial charge in [0.15, 0.2) is 21.3 Å². The van der Waals surface area contributed by atoms with Crippen LogP contribution in [0.2, 0.25) is 0 Å². The number of nitrogens with zero attached hydrogens (tertiary/aromatic N) is 4. The van der Waals surface area contributed by atoms with Gasteiger partial charge in [-0.15, -0.1) is 15.3 Å². The van der Waals surface area contributed by atoms with Gasteiger partial charge in [0.1, 0.15) is 0 Å². The molecule has 1 saturated heterocycles. The number of sulfone groups is 1. The molecule has 9 nitrogen and oxygen atoms in total. The summed E-state index contributed by atoms with van der Waals surface area (Å²) in [5.74, 6) is 0.931. The van der Waals surface area contributed by atoms with E-state index in [-0.39, 0.29) is 29.9 Å². The number of fused-ring (bicyclic) bond motifs is 1. The second-order valence-corrected chi connectivity index (χ2v) is 7.66. The van der Waals surface area contributed by atoms with Crippen molar-refractivity contribution < 1.29 is 17.9 Å². The van der Waals surface area contributed by atoms with Crippen molar-refractivity contribution in [3.63, 3.8) is 0 Å². The molecule has 3 rings (SSSR count). The summed E-state index contributed by atoms with van der Waals surface area (Å²) >= 11 is 0. The van der Waals surface area contributed by atoms with E-state index in [9.17, 15) is 13.2 Å². The Labute approximate surface area is 133 Å². The number of hydrogen-bond donors (Lipinski definition) is 1. The smallest absolute Gasteiger partial charge is 0.231 e. The molecule has 124 valence electrons. The van der Waals surface area contributed by atoms with Crippen molar-refractivity contribution in [1.82, 2.24) is 25.1 Å². The Kier molecular flexibility index (Phi) is 4.16. The molecule has 3 heterocycles. The maximum atomic E-state index is 12.0. The molecule has 0 spiro atoms. The van der Waals surface area contributed by atoms with Crippen molar-refractivity contribution in [2.24, 2.45) is 0 Å². The first kappa shape index (κ1) is 15.7. The van der Waals surface area contributed by atoms with Crippen molar-refractivity contribution >= 4 is 21.4 Å². The molecule has 0 saturated carbocycles. The summed E-state index contributed by atoms with van der Waals surface area (Å²) in [5, 5.41) is 15.0. The lowest BCUT2D eigenvalue weighted by molar-refractivity contribution is -0.121. The minimum Gasteiger partial charge on any atom is -0.480 e. The monoisotopic (exact) mass is 339 g/mol. The van der Waals surface area contributed by atoms with Gasteiger partial charge in [0, 0.05) is 24.9 Å². The van der Waals surface area contributed by atoms with Gasteiger partial charge in [0.05, 0.1) is 18.6 Å². The molecule has 0 unspecified atom stereocenters. The average Bonchev–Trinajstić information content (AvgIpc) is 3.07. The molecular formula is C13H17N5O4S. The molecule has 1 amide bonds. The molecule has 0 aliphatic carbocycles. The Bertz CT molecular complexity index is 832. The Morgan fingerprint density at radius 1 is 1.43 bits per heavy atom. The lowest BCUT2D eigenvalue weighted by Crippen LogP contribution is -2.35. The van der Waals surface area contributed by atoms with E-state index in [1.54, 1.807) is 12.1 Å². The summed E-state index contributed by atoms with van der Waals surface area (Å²) in [5.41, 5.74) is 0.572. The summed E-state index contributed by atoms with van der Waals surface area (Å²) in [6.45, 7) is 0. The van der Waals surface area contributed by atoms with Crippen molar-refractivity contribution in [3.05, 3.63) is 18.0 Å². The Morgan fingerprint density at radius 2 is 2.26 bits per heavy atom. The zero-order valence-electron chi connectivity index (χ0n) is 12.6. The van der Waals surface area contributed by atoms with Crippen molar-refractivity contribution in [2.45, 2.75) is 25.3 Å². The number of carbonyl (C=O) groups excluding carboxylic acids is 1. The minimum absolute atomic E-state index is 0.0192. The molecule has 1 aliphatic rings. The van der Waals surface area contributed by atoms with Gasteiger partial charge < -0.3 is 10.1 Å². The van der Waals surface area contributed by atoms with E-state index in [1.165, 1.54) is 11.6 Å². The van der Waals surface area contributed by atoms with Crippen LogP contribution in [0, 0.1) is 0 Å². The highest BCUT2D eigenvalue weighted by atomic mass is 32.2. The van der Waals surface area contributed by atoms with Gasteiger partial charge in [0.25, 0.3) is 0 Å². The lowest BCUT2D eigenvalue weighted by Gasteiger charge is -2.10. The molecule has 10 heteroatoms. The molecule has 0 radical (unpaired) electrons. The second kappa shape index (κ2) is 6.11. The fraction of sp³-hybridized carbons (Fsp3) is 0.538. The lowest BCUT2D eigenvalue weighted by atomic mass is 10.2. The van der Waals surface area contributed by atoms with E-state index < -0.39 is 9.84 Å². The predicted octanol–water partition coefficient (Wildman–Crippen LogP) is -0.631. The average molecular weight is 339 g/mol. The summed E-state index contributed by atoms with van der Waals surface area (Å²) in [6.07, 6.45) is 1.02. The SMILES string of the molecule is COc1ccc2nnc(CCC(=O)N[C@@H]3CCS(=O)(=O)C3)n2n1. The van der Waals surface area contributed by atoms with E-state index in [0.29, 0.717) is 30.2 Å². The van der Waals surface area contributed by atoms with Gasteiger partial charge in [-0.25, -0.2) is 8.42 Å². The van der Waals surface area contributed by atoms with E-state index in [4.69, 9.17) is 4.74 Å². The molecule has 1 N–H and O–H groups in total. The van der Waals surface area contributed by atoms with Crippen LogP contribution in [0.3, 0.4) is 0 Å². The first-order chi connectivity index (χ1) is 11.0. The summed E-state index contributed by atoms with van der Waals surface area (Å²) in [7, 11) is -1.49. The zero-order valence-corrected chi connectivity index (χ0v) is 13.4. The normalized spacial score (nSPS) is 19.8. The summed E-state index contributed by atoms with van der Waals surface area (Å²) in [4.78, 5) is 12.0. The summed E-state index contributed by atoms with van der Waals surface area (Å²) in [6, 6.07) is 3.12. The number of amides is 1. The van der Waals surface area contributed by atoms with Crippen molar-refractivity contribution in [1.29, 1.82) is 0 Å². The molecule has 0 bridgehead atoms. The third kappa shape index (κ3) is 3.58. The van der Waals surface area contributed by atoms with Crippen LogP contribution in [0.4, 0.5) is 0 Å². The Morgan fingerprint density at radius 3 is 2.96 bits per heavy atom. The minimum atomic E-state index is -3.00. The maximum absolute atomic E-state index is 12.0. The first-order valence-corrected chi connectivity index (χ1v) is 9.04. The number of nitrogens with one attached hydrogen (secondary N) is 1. The second-order valence-electron chi connectivity index (χ2n) is 5.43. The number of aryl methyl sites for hydroxylation is 1. The third-order valence-corrected chi connectivity index (χ3v) is 5.45. The number of rotatable bonds is 5. The van der Waals surface area contributed by atoms with Crippen molar-refractivity contribution in [2.75, 3.05) is 18.6 Å². The maximum Gasteiger partial charge on any atom is 0.231 e. The van der Waals surface area contributed by atoms with E-state index >= 15 is 0 Å². The third-order valence-electron chi connectivity index (χ3n) is 3.69. The Hall–Kier alpha value is -2.23. The van der Waals surface area contributed by atoms with Gasteiger partial charge in [-0.1, -0.05) is 0 Å². The largest absolute Gasteiger partial charge is 0.480 e. The number of carbonyl (C=O) groups is 1. The quantitative estimate of drug-likeness (QED) is 0.771. The summed E-state index contributed by atoms with van der Waals surface area (Å²) < 4.78 is 29.4. The molecule has 2 aromatic rings. The van der Waals surface area contributed by atoms with Crippen LogP contribution < -0.4 is 10.1 Å². The van der Waals surface area contributed by atoms with Crippen LogP contribution in [-0.4, -0.2) is 58.8 Å². The van der Waals surface area contributed by atoms with Gasteiger partial charge in [0.2, 0.25) is 11.8 Å². The van der Waals surface area contributed by atoms with E-state index in [1.807, 2.05) is 0 Å². The fourth-order valence-corrected chi connectivity index (χ4v) is 4.19. The van der Waals surface area contributed by atoms with E-state index in [2.05, 4.69) is 20.6 Å². The number of hydrogen-bond acceptors (Lipinski definition) is 7. The number of ether oxygens (including phenoxy) is 1. The molecule has 1 fully saturated rings. The molecule has 23 heavy (non-hydrogen) atoms. The zero-order chi connectivity index (χ0) is 16.4. The van der Waals surface area contributed by atoms with Crippen molar-refractivity contribution in [3.8, 4) is 5.88 Å². The highest BCUT2D eigenvalue weighted by Gasteiger charge is 2.28. The number of methoxy groups -OCH3 is 1. The highest BCUT2D eigenvalue weighted by molar-refractivity contribution is 7.91. The molecule has 1 atom stereocenters. The van der Waals surface area contributed by atoms with Crippen LogP contribution in [0.25, 0.3) is 5.65 Å². The van der Waals surface area contributed by atoms with Crippen LogP contribution in [0.5, 0.6) is 5.88 Å². The topological polar surface area (TPSA) is 116 Å². The number of aromatic nitrogens is 4. The van der Waals surface area contributed by atoms with E-state index in [0.717, 1.165) is 0 Å². The van der Waals surface area contributed by atoms with Gasteiger partial charge in [-0.2, -0.15) is 4.52 Å². The molecule has 2 aromatic heterocycles. The van der Waals surface area contributed by atoms with Crippen LogP contribution in [-0.2, 0) is 21.1 Å². The molecular weight excluding hydrogens is 322 g/mol. The molecule has 1 aliphatic heterocycles. The van der Waals surface area contributed by atoms with Crippen LogP contribution >= 0.6 is 0 Å².